The highest BCUT2D eigenvalue weighted by Gasteiger charge is 2.26. The molecular weight excluding hydrogens is 284 g/mol. The molecule has 1 atom stereocenters. The van der Waals surface area contributed by atoms with Crippen molar-refractivity contribution in [3.05, 3.63) is 35.9 Å². The van der Waals surface area contributed by atoms with Crippen LogP contribution in [0.3, 0.4) is 0 Å². The lowest BCUT2D eigenvalue weighted by atomic mass is 9.78. The molecule has 0 aromatic heterocycles. The molecule has 1 aromatic carbocycles. The van der Waals surface area contributed by atoms with Crippen molar-refractivity contribution in [3.63, 3.8) is 0 Å². The number of hydrogen-bond acceptors (Lipinski definition) is 2. The smallest absolute Gasteiger partial charge is 0.223 e. The molecule has 1 unspecified atom stereocenters. The second-order valence-electron chi connectivity index (χ2n) is 6.05. The fraction of sp³-hybridized carbons (Fsp3) is 0.588. The molecule has 0 heterocycles. The van der Waals surface area contributed by atoms with Crippen LogP contribution >= 0.6 is 12.4 Å². The minimum atomic E-state index is 0. The Kier molecular flexibility index (Phi) is 7.76. The summed E-state index contributed by atoms with van der Waals surface area (Å²) in [5, 5.41) is 3.04. The largest absolute Gasteiger partial charge is 0.356 e. The minimum absolute atomic E-state index is 0. The van der Waals surface area contributed by atoms with E-state index >= 15 is 0 Å². The topological polar surface area (TPSA) is 55.1 Å². The van der Waals surface area contributed by atoms with Gasteiger partial charge in [-0.15, -0.1) is 12.4 Å². The monoisotopic (exact) mass is 310 g/mol. The van der Waals surface area contributed by atoms with Crippen LogP contribution in [0.1, 0.15) is 44.1 Å². The minimum Gasteiger partial charge on any atom is -0.356 e. The van der Waals surface area contributed by atoms with Crippen LogP contribution in [0.5, 0.6) is 0 Å². The van der Waals surface area contributed by atoms with E-state index in [-0.39, 0.29) is 24.2 Å². The maximum atomic E-state index is 12.1. The summed E-state index contributed by atoms with van der Waals surface area (Å²) < 4.78 is 0. The van der Waals surface area contributed by atoms with Gasteiger partial charge >= 0.3 is 0 Å². The second kappa shape index (κ2) is 9.06. The van der Waals surface area contributed by atoms with E-state index in [1.807, 2.05) is 0 Å². The van der Waals surface area contributed by atoms with Gasteiger partial charge in [-0.25, -0.2) is 0 Å². The van der Waals surface area contributed by atoms with Crippen molar-refractivity contribution in [2.45, 2.75) is 38.5 Å². The van der Waals surface area contributed by atoms with Crippen LogP contribution in [-0.4, -0.2) is 19.0 Å². The van der Waals surface area contributed by atoms with Crippen LogP contribution in [0.2, 0.25) is 0 Å². The maximum absolute atomic E-state index is 12.1. The van der Waals surface area contributed by atoms with E-state index < -0.39 is 0 Å². The summed E-state index contributed by atoms with van der Waals surface area (Å²) in [6, 6.07) is 10.7. The molecule has 0 radical (unpaired) electrons. The summed E-state index contributed by atoms with van der Waals surface area (Å²) in [5.74, 6) is 1.40. The number of carbonyl (C=O) groups is 1. The van der Waals surface area contributed by atoms with Crippen molar-refractivity contribution in [2.24, 2.45) is 17.6 Å². The van der Waals surface area contributed by atoms with Crippen molar-refractivity contribution in [3.8, 4) is 0 Å². The first-order chi connectivity index (χ1) is 9.70. The predicted molar refractivity (Wildman–Crippen MR) is 89.6 cm³/mol. The zero-order valence-corrected chi connectivity index (χ0v) is 13.6. The average molecular weight is 311 g/mol. The van der Waals surface area contributed by atoms with E-state index in [0.29, 0.717) is 24.9 Å². The van der Waals surface area contributed by atoms with E-state index in [1.165, 1.54) is 5.56 Å². The molecule has 2 rings (SSSR count). The third-order valence-corrected chi connectivity index (χ3v) is 4.40. The fourth-order valence-corrected chi connectivity index (χ4v) is 2.92. The van der Waals surface area contributed by atoms with Gasteiger partial charge < -0.3 is 11.1 Å². The van der Waals surface area contributed by atoms with Gasteiger partial charge in [0.2, 0.25) is 5.91 Å². The first kappa shape index (κ1) is 18.0. The third kappa shape index (κ3) is 5.33. The number of nitrogens with two attached hydrogens (primary N) is 1. The van der Waals surface area contributed by atoms with Gasteiger partial charge in [0.05, 0.1) is 0 Å². The van der Waals surface area contributed by atoms with Gasteiger partial charge in [-0.1, -0.05) is 37.3 Å². The molecule has 0 aliphatic heterocycles. The number of nitrogens with one attached hydrogen (secondary N) is 1. The van der Waals surface area contributed by atoms with E-state index in [4.69, 9.17) is 5.73 Å². The Bertz CT molecular complexity index is 416. The number of hydrogen-bond donors (Lipinski definition) is 2. The van der Waals surface area contributed by atoms with Gasteiger partial charge in [0.15, 0.2) is 0 Å². The Balaban J connectivity index is 0.00000220. The Morgan fingerprint density at radius 1 is 1.24 bits per heavy atom. The van der Waals surface area contributed by atoms with Crippen LogP contribution in [0, 0.1) is 11.8 Å². The number of rotatable bonds is 5. The zero-order valence-electron chi connectivity index (χ0n) is 12.8. The van der Waals surface area contributed by atoms with Gasteiger partial charge in [-0.2, -0.15) is 0 Å². The fourth-order valence-electron chi connectivity index (χ4n) is 2.92. The normalized spacial score (nSPS) is 23.0. The van der Waals surface area contributed by atoms with Crippen molar-refractivity contribution >= 4 is 18.3 Å². The van der Waals surface area contributed by atoms with E-state index in [9.17, 15) is 4.79 Å². The third-order valence-electron chi connectivity index (χ3n) is 4.40. The van der Waals surface area contributed by atoms with Gasteiger partial charge in [0, 0.05) is 12.5 Å². The SMILES string of the molecule is CC(CN)CNC(=O)C1CCC(c2ccccc2)CC1.Cl. The highest BCUT2D eigenvalue weighted by Crippen LogP contribution is 2.35. The number of carbonyl (C=O) groups excluding carboxylic acids is 1. The first-order valence-corrected chi connectivity index (χ1v) is 7.73. The number of amides is 1. The van der Waals surface area contributed by atoms with Crippen LogP contribution < -0.4 is 11.1 Å². The predicted octanol–water partition coefficient (Wildman–Crippen LogP) is 3.09. The van der Waals surface area contributed by atoms with Gasteiger partial charge in [0.1, 0.15) is 0 Å². The molecule has 118 valence electrons. The van der Waals surface area contributed by atoms with Gasteiger partial charge in [-0.05, 0) is 49.6 Å². The van der Waals surface area contributed by atoms with Crippen molar-refractivity contribution in [1.29, 1.82) is 0 Å². The van der Waals surface area contributed by atoms with Crippen LogP contribution in [-0.2, 0) is 4.79 Å². The molecule has 1 fully saturated rings. The Morgan fingerprint density at radius 3 is 2.43 bits per heavy atom. The molecule has 21 heavy (non-hydrogen) atoms. The molecule has 1 aliphatic carbocycles. The molecule has 0 saturated heterocycles. The standard InChI is InChI=1S/C17H26N2O.ClH/c1-13(11-18)12-19-17(20)16-9-7-15(8-10-16)14-5-3-2-4-6-14;/h2-6,13,15-16H,7-12,18H2,1H3,(H,19,20);1H. The molecule has 4 heteroatoms. The number of halogens is 1. The highest BCUT2D eigenvalue weighted by molar-refractivity contribution is 5.85. The summed E-state index contributed by atoms with van der Waals surface area (Å²) in [7, 11) is 0. The van der Waals surface area contributed by atoms with E-state index in [1.54, 1.807) is 0 Å². The summed E-state index contributed by atoms with van der Waals surface area (Å²) >= 11 is 0. The van der Waals surface area contributed by atoms with Gasteiger partial charge in [0.25, 0.3) is 0 Å². The second-order valence-corrected chi connectivity index (χ2v) is 6.05. The Labute approximate surface area is 134 Å². The maximum Gasteiger partial charge on any atom is 0.223 e. The lowest BCUT2D eigenvalue weighted by Gasteiger charge is -2.28. The highest BCUT2D eigenvalue weighted by atomic mass is 35.5. The van der Waals surface area contributed by atoms with Crippen molar-refractivity contribution in [2.75, 3.05) is 13.1 Å². The molecule has 3 nitrogen and oxygen atoms in total. The molecule has 3 N–H and O–H groups in total. The van der Waals surface area contributed by atoms with Crippen LogP contribution in [0.25, 0.3) is 0 Å². The molecule has 1 aromatic rings. The van der Waals surface area contributed by atoms with Crippen molar-refractivity contribution in [1.82, 2.24) is 5.32 Å². The molecule has 1 amide bonds. The van der Waals surface area contributed by atoms with Crippen molar-refractivity contribution < 1.29 is 4.79 Å². The lowest BCUT2D eigenvalue weighted by molar-refractivity contribution is -0.126. The summed E-state index contributed by atoms with van der Waals surface area (Å²) in [6.07, 6.45) is 4.24. The van der Waals surface area contributed by atoms with E-state index in [0.717, 1.165) is 25.7 Å². The summed E-state index contributed by atoms with van der Waals surface area (Å²) in [4.78, 5) is 12.1. The first-order valence-electron chi connectivity index (χ1n) is 7.73. The summed E-state index contributed by atoms with van der Waals surface area (Å²) in [6.45, 7) is 3.39. The van der Waals surface area contributed by atoms with Crippen LogP contribution in [0.4, 0.5) is 0 Å². The van der Waals surface area contributed by atoms with Gasteiger partial charge in [-0.3, -0.25) is 4.79 Å². The molecule has 0 spiro atoms. The molecule has 1 aliphatic rings. The number of benzene rings is 1. The quantitative estimate of drug-likeness (QED) is 0.878. The zero-order chi connectivity index (χ0) is 14.4. The molecular formula is C17H27ClN2O. The molecule has 0 bridgehead atoms. The summed E-state index contributed by atoms with van der Waals surface area (Å²) in [5.41, 5.74) is 6.99. The Hall–Kier alpha value is -1.06. The molecule has 1 saturated carbocycles. The van der Waals surface area contributed by atoms with Crippen LogP contribution in [0.15, 0.2) is 30.3 Å². The van der Waals surface area contributed by atoms with E-state index in [2.05, 4.69) is 42.6 Å². The Morgan fingerprint density at radius 2 is 1.86 bits per heavy atom. The average Bonchev–Trinajstić information content (AvgIpc) is 2.53. The lowest BCUT2D eigenvalue weighted by Crippen LogP contribution is -2.36.